The Morgan fingerprint density at radius 3 is 1.35 bits per heavy atom. The summed E-state index contributed by atoms with van der Waals surface area (Å²) in [6.07, 6.45) is -16.6. The number of nitrogens with zero attached hydrogens (tertiary/aromatic N) is 3. The van der Waals surface area contributed by atoms with Crippen LogP contribution in [0.1, 0.15) is 79.0 Å². The summed E-state index contributed by atoms with van der Waals surface area (Å²) in [4.78, 5) is 87.2. The zero-order valence-corrected chi connectivity index (χ0v) is 53.2. The summed E-state index contributed by atoms with van der Waals surface area (Å²) in [7, 11) is -5.21. The molecule has 0 unspecified atom stereocenters. The highest BCUT2D eigenvalue weighted by Crippen LogP contribution is 2.47. The number of carbonyl (C=O) groups excluding carboxylic acids is 6. The second-order valence-corrected chi connectivity index (χ2v) is 36.1. The fourth-order valence-corrected chi connectivity index (χ4v) is 14.3. The van der Waals surface area contributed by atoms with Crippen LogP contribution in [0.2, 0.25) is 36.3 Å². The molecule has 6 aliphatic rings. The zero-order valence-electron chi connectivity index (χ0n) is 50.4. The minimum Gasteiger partial charge on any atom is -0.441 e. The molecule has 6 saturated heterocycles. The van der Waals surface area contributed by atoms with Crippen LogP contribution < -0.4 is 0 Å². The van der Waals surface area contributed by atoms with Crippen LogP contribution in [-0.2, 0) is 83.8 Å². The third-order valence-corrected chi connectivity index (χ3v) is 27.5. The van der Waals surface area contributed by atoms with E-state index in [-0.39, 0.29) is 43.1 Å². The second kappa shape index (κ2) is 25.3. The molecule has 84 heavy (non-hydrogen) atoms. The molecule has 0 spiro atoms. The molecule has 0 aromatic heterocycles. The number of amides is 6. The number of carbonyl (C=O) groups is 6. The number of imide groups is 3. The predicted octanol–water partition coefficient (Wildman–Crippen LogP) is 9.09. The molecule has 3 aromatic rings. The lowest BCUT2D eigenvalue weighted by Crippen LogP contribution is -2.69. The first-order valence-corrected chi connectivity index (χ1v) is 35.3. The molecule has 9 rings (SSSR count). The van der Waals surface area contributed by atoms with Crippen molar-refractivity contribution in [3.63, 3.8) is 0 Å². The van der Waals surface area contributed by atoms with Crippen molar-refractivity contribution in [3.8, 4) is 0 Å². The molecule has 6 aliphatic heterocycles. The Morgan fingerprint density at radius 1 is 0.524 bits per heavy atom. The molecule has 6 fully saturated rings. The van der Waals surface area contributed by atoms with Crippen LogP contribution in [0.4, 0.5) is 14.4 Å². The number of benzene rings is 3. The van der Waals surface area contributed by atoms with Gasteiger partial charge in [-0.1, -0.05) is 132 Å². The van der Waals surface area contributed by atoms with Crippen LogP contribution in [0.3, 0.4) is 0 Å². The average molecular weight is 1220 g/mol. The summed E-state index contributed by atoms with van der Waals surface area (Å²) in [5, 5.41) is -0.531. The number of fused-ring (bicyclic) bond motifs is 3. The van der Waals surface area contributed by atoms with Crippen LogP contribution in [0.5, 0.6) is 0 Å². The highest BCUT2D eigenvalue weighted by atomic mass is 32.2. The van der Waals surface area contributed by atoms with Crippen molar-refractivity contribution < 1.29 is 85.0 Å². The van der Waals surface area contributed by atoms with Gasteiger partial charge in [0.2, 0.25) is 17.7 Å². The topological polar surface area (TPSA) is 223 Å². The van der Waals surface area contributed by atoms with Crippen molar-refractivity contribution >= 4 is 64.4 Å². The van der Waals surface area contributed by atoms with Crippen LogP contribution in [0.15, 0.2) is 89.8 Å². The van der Waals surface area contributed by atoms with E-state index in [9.17, 15) is 28.8 Å². The van der Waals surface area contributed by atoms with Gasteiger partial charge in [0.05, 0.1) is 33.0 Å². The molecule has 0 bridgehead atoms. The van der Waals surface area contributed by atoms with Gasteiger partial charge in [-0.15, -0.1) is 0 Å². The third kappa shape index (κ3) is 13.4. The highest BCUT2D eigenvalue weighted by molar-refractivity contribution is 7.99. The Kier molecular flexibility index (Phi) is 19.1. The van der Waals surface area contributed by atoms with E-state index in [1.807, 2.05) is 91.9 Å². The summed E-state index contributed by atoms with van der Waals surface area (Å²) in [5.74, 6) is -1.98. The van der Waals surface area contributed by atoms with E-state index >= 15 is 0 Å². The van der Waals surface area contributed by atoms with E-state index in [4.69, 9.17) is 56.2 Å². The molecular weight excluding hydrogens is 1140 g/mol. The molecule has 6 amide bonds. The average Bonchev–Trinajstić information content (AvgIpc) is 3.50. The van der Waals surface area contributed by atoms with Gasteiger partial charge < -0.3 is 56.2 Å². The Hall–Kier alpha value is -5.10. The maximum atomic E-state index is 14.4. The molecule has 458 valence electrons. The summed E-state index contributed by atoms with van der Waals surface area (Å²) in [5.41, 5.74) is 1.81. The van der Waals surface area contributed by atoms with Crippen molar-refractivity contribution in [2.24, 2.45) is 0 Å². The molecule has 15 atom stereocenters. The van der Waals surface area contributed by atoms with Gasteiger partial charge in [0.1, 0.15) is 60.2 Å². The largest absolute Gasteiger partial charge is 0.441 e. The van der Waals surface area contributed by atoms with E-state index < -0.39 is 144 Å². The minimum atomic E-state index is -2.71. The van der Waals surface area contributed by atoms with Crippen molar-refractivity contribution in [3.05, 3.63) is 102 Å². The first-order chi connectivity index (χ1) is 39.5. The first-order valence-electron chi connectivity index (χ1n) is 28.6. The Labute approximate surface area is 498 Å². The maximum absolute atomic E-state index is 14.4. The Morgan fingerprint density at radius 2 is 0.917 bits per heavy atom. The minimum absolute atomic E-state index is 0.00576. The molecule has 24 heteroatoms. The normalized spacial score (nSPS) is 30.8. The van der Waals surface area contributed by atoms with Gasteiger partial charge in [-0.05, 0) is 66.4 Å². The van der Waals surface area contributed by atoms with Crippen molar-refractivity contribution in [1.29, 1.82) is 0 Å². The number of hydrogen-bond donors (Lipinski definition) is 0. The van der Waals surface area contributed by atoms with E-state index in [1.54, 1.807) is 0 Å². The van der Waals surface area contributed by atoms with E-state index in [1.165, 1.54) is 32.5 Å². The molecule has 6 heterocycles. The second-order valence-electron chi connectivity index (χ2n) is 25.4. The van der Waals surface area contributed by atoms with Gasteiger partial charge in [0.25, 0.3) is 0 Å². The number of hydrogen-bond acceptors (Lipinski definition) is 19. The van der Waals surface area contributed by atoms with Gasteiger partial charge in [-0.3, -0.25) is 14.4 Å². The fourth-order valence-electron chi connectivity index (χ4n) is 10.8. The van der Waals surface area contributed by atoms with E-state index in [0.29, 0.717) is 0 Å². The van der Waals surface area contributed by atoms with Gasteiger partial charge in [-0.25, -0.2) is 29.1 Å². The molecule has 3 aromatic carbocycles. The number of thioether (sulfide) groups is 1. The third-order valence-electron chi connectivity index (χ3n) is 17.4. The van der Waals surface area contributed by atoms with Gasteiger partial charge in [0.15, 0.2) is 47.5 Å². The zero-order chi connectivity index (χ0) is 60.8. The number of rotatable bonds is 19. The highest BCUT2D eigenvalue weighted by Gasteiger charge is 2.66. The lowest BCUT2D eigenvalue weighted by molar-refractivity contribution is -0.342. The molecular formula is C60H81N3O18SSi2. The summed E-state index contributed by atoms with van der Waals surface area (Å²) in [6.45, 7) is 26.5. The van der Waals surface area contributed by atoms with Gasteiger partial charge in [0, 0.05) is 25.7 Å². The first kappa shape index (κ1) is 63.4. The monoisotopic (exact) mass is 1220 g/mol. The molecule has 0 N–H and O–H groups in total. The maximum Gasteiger partial charge on any atom is 0.417 e. The quantitative estimate of drug-likeness (QED) is 0.0806. The standard InChI is InChI=1S/C60H81N3O18SSi2/c1-34-25-27-40(28-26-34)82-55-46-52(80-58(69)63(46)37(4)66)48(42(75-55)32-71-30-39-23-19-16-20-24-39)77-53-44-50(78-56(67)61(44)35(2)64)47(41(73-53)31-70-29-38-21-17-15-18-22-38)76-54-45-51(79-57(68)62(45)36(3)65)49(81-84(13,14)60(8,9)10)43(74-54)33-72-83(11,12)59(5,6)7/h15-28,41-55H,29-33H2,1-14H3/t41-,42-,43-,44-,45-,46-,47+,48+,49+,50-,51-,52-,53+,54+,55+/m1/s1. The summed E-state index contributed by atoms with van der Waals surface area (Å²) < 4.78 is 80.6. The van der Waals surface area contributed by atoms with Crippen molar-refractivity contribution in [2.75, 3.05) is 19.8 Å². The van der Waals surface area contributed by atoms with Crippen LogP contribution in [-0.4, -0.2) is 178 Å². The molecule has 0 radical (unpaired) electrons. The fraction of sp³-hybridized carbons (Fsp3) is 0.600. The molecule has 21 nitrogen and oxygen atoms in total. The SMILES string of the molecule is CC(=O)N1C(=O)O[C@H]2[C@@H](O[C@@H]3O[C@H](COCc4ccccc4)[C@H](O[C@@H]4O[C@H](CO[Si](C)(C)C(C)(C)C)[C@H](O[Si](C)(C)C(C)(C)C)[C@@H]5OC(=O)N(C(C)=O)[C@@H]45)[C@@H]4OC(=O)N(C(C)=O)[C@@H]34)[C@@H](COCc3ccccc3)O[C@@H](Sc3ccc(C)cc3)[C@@H]21. The smallest absolute Gasteiger partial charge is 0.417 e. The van der Waals surface area contributed by atoms with Crippen LogP contribution in [0.25, 0.3) is 0 Å². The van der Waals surface area contributed by atoms with Crippen molar-refractivity contribution in [1.82, 2.24) is 14.7 Å². The van der Waals surface area contributed by atoms with E-state index in [0.717, 1.165) is 36.3 Å². The van der Waals surface area contributed by atoms with Crippen LogP contribution in [0, 0.1) is 6.92 Å². The molecule has 0 saturated carbocycles. The van der Waals surface area contributed by atoms with E-state index in [2.05, 4.69) is 67.7 Å². The Balaban J connectivity index is 1.11. The lowest BCUT2D eigenvalue weighted by atomic mass is 9.93. The summed E-state index contributed by atoms with van der Waals surface area (Å²) >= 11 is 1.30. The summed E-state index contributed by atoms with van der Waals surface area (Å²) in [6, 6.07) is 22.8. The number of ether oxygens (including phenoxy) is 10. The lowest BCUT2D eigenvalue weighted by Gasteiger charge is -2.51. The van der Waals surface area contributed by atoms with Gasteiger partial charge >= 0.3 is 18.3 Å². The molecule has 0 aliphatic carbocycles. The van der Waals surface area contributed by atoms with Crippen molar-refractivity contribution in [2.45, 2.75) is 215 Å². The number of aryl methyl sites for hydroxylation is 1. The predicted molar refractivity (Wildman–Crippen MR) is 310 cm³/mol. The Bertz CT molecular complexity index is 2860. The van der Waals surface area contributed by atoms with Gasteiger partial charge in [-0.2, -0.15) is 0 Å². The van der Waals surface area contributed by atoms with Crippen LogP contribution >= 0.6 is 11.8 Å².